The predicted molar refractivity (Wildman–Crippen MR) is 74.7 cm³/mol. The van der Waals surface area contributed by atoms with Crippen LogP contribution < -0.4 is 5.73 Å². The third-order valence-corrected chi connectivity index (χ3v) is 4.47. The molecule has 0 unspecified atom stereocenters. The van der Waals surface area contributed by atoms with Crippen LogP contribution in [0.3, 0.4) is 0 Å². The molecule has 0 bridgehead atoms. The molecule has 1 aromatic rings. The standard InChI is InChI=1S/C15H20ClNO/c16-13-7-3-2-6-12(13)10-14(18)15(11-17)8-4-1-5-9-15/h2-3,6-7H,1,4-5,8-11,17H2. The van der Waals surface area contributed by atoms with Crippen LogP contribution in [0.5, 0.6) is 0 Å². The van der Waals surface area contributed by atoms with Crippen molar-refractivity contribution >= 4 is 17.4 Å². The fourth-order valence-corrected chi connectivity index (χ4v) is 3.03. The molecule has 98 valence electrons. The summed E-state index contributed by atoms with van der Waals surface area (Å²) in [4.78, 5) is 12.5. The van der Waals surface area contributed by atoms with Gasteiger partial charge in [-0.1, -0.05) is 49.1 Å². The van der Waals surface area contributed by atoms with Gasteiger partial charge in [0, 0.05) is 23.4 Å². The van der Waals surface area contributed by atoms with Crippen molar-refractivity contribution in [2.75, 3.05) is 6.54 Å². The van der Waals surface area contributed by atoms with Crippen molar-refractivity contribution in [2.45, 2.75) is 38.5 Å². The number of nitrogens with two attached hydrogens (primary N) is 1. The van der Waals surface area contributed by atoms with Crippen LogP contribution >= 0.6 is 11.6 Å². The van der Waals surface area contributed by atoms with E-state index >= 15 is 0 Å². The topological polar surface area (TPSA) is 43.1 Å². The first kappa shape index (κ1) is 13.6. The molecule has 0 aromatic heterocycles. The Morgan fingerprint density at radius 1 is 1.22 bits per heavy atom. The second-order valence-corrected chi connectivity index (χ2v) is 5.64. The molecule has 0 radical (unpaired) electrons. The monoisotopic (exact) mass is 265 g/mol. The van der Waals surface area contributed by atoms with Gasteiger partial charge in [0.15, 0.2) is 0 Å². The Bertz CT molecular complexity index is 424. The minimum Gasteiger partial charge on any atom is -0.329 e. The Balaban J connectivity index is 2.13. The van der Waals surface area contributed by atoms with Crippen LogP contribution in [-0.2, 0) is 11.2 Å². The Kier molecular flexibility index (Phi) is 4.41. The summed E-state index contributed by atoms with van der Waals surface area (Å²) in [5.74, 6) is 0.262. The molecule has 1 fully saturated rings. The van der Waals surface area contributed by atoms with Gasteiger partial charge in [0.05, 0.1) is 0 Å². The van der Waals surface area contributed by atoms with Crippen molar-refractivity contribution in [3.63, 3.8) is 0 Å². The van der Waals surface area contributed by atoms with Crippen LogP contribution in [0.25, 0.3) is 0 Å². The number of benzene rings is 1. The van der Waals surface area contributed by atoms with Gasteiger partial charge in [-0.2, -0.15) is 0 Å². The van der Waals surface area contributed by atoms with Gasteiger partial charge in [-0.25, -0.2) is 0 Å². The fraction of sp³-hybridized carbons (Fsp3) is 0.533. The van der Waals surface area contributed by atoms with E-state index in [-0.39, 0.29) is 11.2 Å². The SMILES string of the molecule is NCC1(C(=O)Cc2ccccc2Cl)CCCCC1. The minimum absolute atomic E-state index is 0.262. The highest BCUT2D eigenvalue weighted by Crippen LogP contribution is 2.37. The molecule has 0 saturated heterocycles. The fourth-order valence-electron chi connectivity index (χ4n) is 2.83. The lowest BCUT2D eigenvalue weighted by molar-refractivity contribution is -0.129. The van der Waals surface area contributed by atoms with E-state index in [1.54, 1.807) is 0 Å². The number of rotatable bonds is 4. The molecule has 2 rings (SSSR count). The zero-order valence-electron chi connectivity index (χ0n) is 10.6. The molecule has 2 N–H and O–H groups in total. The molecular weight excluding hydrogens is 246 g/mol. The van der Waals surface area contributed by atoms with Gasteiger partial charge in [0.2, 0.25) is 0 Å². The summed E-state index contributed by atoms with van der Waals surface area (Å²) in [6.45, 7) is 0.469. The van der Waals surface area contributed by atoms with Crippen LogP contribution in [0.1, 0.15) is 37.7 Å². The minimum atomic E-state index is -0.294. The molecule has 0 atom stereocenters. The van der Waals surface area contributed by atoms with Crippen molar-refractivity contribution in [1.29, 1.82) is 0 Å². The average Bonchev–Trinajstić information content (AvgIpc) is 2.42. The molecule has 1 saturated carbocycles. The van der Waals surface area contributed by atoms with Crippen molar-refractivity contribution in [3.8, 4) is 0 Å². The zero-order chi connectivity index (χ0) is 13.0. The van der Waals surface area contributed by atoms with E-state index in [1.807, 2.05) is 24.3 Å². The molecule has 0 amide bonds. The van der Waals surface area contributed by atoms with E-state index in [4.69, 9.17) is 17.3 Å². The van der Waals surface area contributed by atoms with E-state index < -0.39 is 0 Å². The van der Waals surface area contributed by atoms with Gasteiger partial charge < -0.3 is 5.73 Å². The van der Waals surface area contributed by atoms with Crippen LogP contribution in [0.2, 0.25) is 5.02 Å². The van der Waals surface area contributed by atoms with Gasteiger partial charge in [0.1, 0.15) is 5.78 Å². The first-order chi connectivity index (χ1) is 8.68. The summed E-state index contributed by atoms with van der Waals surface area (Å²) in [5.41, 5.74) is 6.50. The lowest BCUT2D eigenvalue weighted by atomic mass is 9.70. The largest absolute Gasteiger partial charge is 0.329 e. The normalized spacial score (nSPS) is 18.6. The highest BCUT2D eigenvalue weighted by molar-refractivity contribution is 6.31. The molecule has 2 nitrogen and oxygen atoms in total. The van der Waals surface area contributed by atoms with Crippen molar-refractivity contribution in [3.05, 3.63) is 34.9 Å². The summed E-state index contributed by atoms with van der Waals surface area (Å²) < 4.78 is 0. The molecule has 1 aliphatic carbocycles. The lowest BCUT2D eigenvalue weighted by Crippen LogP contribution is -2.41. The van der Waals surface area contributed by atoms with Crippen LogP contribution in [0.15, 0.2) is 24.3 Å². The molecule has 0 aliphatic heterocycles. The molecule has 3 heteroatoms. The maximum absolute atomic E-state index is 12.5. The summed E-state index contributed by atoms with van der Waals surface area (Å²) in [6.07, 6.45) is 5.74. The number of Topliss-reactive ketones (excluding diaryl/α,β-unsaturated/α-hetero) is 1. The number of carbonyl (C=O) groups is 1. The average molecular weight is 266 g/mol. The van der Waals surface area contributed by atoms with Crippen LogP contribution in [0, 0.1) is 5.41 Å². The maximum Gasteiger partial charge on any atom is 0.144 e. The van der Waals surface area contributed by atoms with E-state index in [0.29, 0.717) is 18.0 Å². The van der Waals surface area contributed by atoms with Crippen LogP contribution in [0.4, 0.5) is 0 Å². The van der Waals surface area contributed by atoms with Gasteiger partial charge in [-0.05, 0) is 24.5 Å². The Hall–Kier alpha value is -0.860. The number of halogens is 1. The first-order valence-electron chi connectivity index (χ1n) is 6.65. The Morgan fingerprint density at radius 3 is 2.50 bits per heavy atom. The first-order valence-corrected chi connectivity index (χ1v) is 7.02. The van der Waals surface area contributed by atoms with Gasteiger partial charge >= 0.3 is 0 Å². The second-order valence-electron chi connectivity index (χ2n) is 5.24. The molecule has 1 aromatic carbocycles. The zero-order valence-corrected chi connectivity index (χ0v) is 11.4. The maximum atomic E-state index is 12.5. The lowest BCUT2D eigenvalue weighted by Gasteiger charge is -2.34. The number of hydrogen-bond donors (Lipinski definition) is 1. The van der Waals surface area contributed by atoms with E-state index in [0.717, 1.165) is 31.2 Å². The van der Waals surface area contributed by atoms with Gasteiger partial charge in [0.25, 0.3) is 0 Å². The second kappa shape index (κ2) is 5.85. The summed E-state index contributed by atoms with van der Waals surface area (Å²) >= 11 is 6.11. The molecular formula is C15H20ClNO. The van der Waals surface area contributed by atoms with Crippen molar-refractivity contribution < 1.29 is 4.79 Å². The Morgan fingerprint density at radius 2 is 1.89 bits per heavy atom. The third-order valence-electron chi connectivity index (χ3n) is 4.10. The molecule has 0 spiro atoms. The summed E-state index contributed by atoms with van der Waals surface area (Å²) in [6, 6.07) is 7.56. The van der Waals surface area contributed by atoms with Crippen LogP contribution in [-0.4, -0.2) is 12.3 Å². The molecule has 1 aliphatic rings. The summed E-state index contributed by atoms with van der Waals surface area (Å²) in [7, 11) is 0. The predicted octanol–water partition coefficient (Wildman–Crippen LogP) is 3.36. The highest BCUT2D eigenvalue weighted by Gasteiger charge is 2.37. The smallest absolute Gasteiger partial charge is 0.144 e. The van der Waals surface area contributed by atoms with E-state index in [2.05, 4.69) is 0 Å². The van der Waals surface area contributed by atoms with Crippen molar-refractivity contribution in [2.24, 2.45) is 11.1 Å². The Labute approximate surface area is 114 Å². The van der Waals surface area contributed by atoms with Crippen molar-refractivity contribution in [1.82, 2.24) is 0 Å². The molecule has 18 heavy (non-hydrogen) atoms. The number of carbonyl (C=O) groups excluding carboxylic acids is 1. The third kappa shape index (κ3) is 2.76. The number of hydrogen-bond acceptors (Lipinski definition) is 2. The van der Waals surface area contributed by atoms with Gasteiger partial charge in [-0.15, -0.1) is 0 Å². The summed E-state index contributed by atoms with van der Waals surface area (Å²) in [5, 5.41) is 0.675. The van der Waals surface area contributed by atoms with E-state index in [9.17, 15) is 4.79 Å². The van der Waals surface area contributed by atoms with Gasteiger partial charge in [-0.3, -0.25) is 4.79 Å². The highest BCUT2D eigenvalue weighted by atomic mass is 35.5. The quantitative estimate of drug-likeness (QED) is 0.907. The molecule has 0 heterocycles. The number of ketones is 1. The van der Waals surface area contributed by atoms with E-state index in [1.165, 1.54) is 6.42 Å².